The summed E-state index contributed by atoms with van der Waals surface area (Å²) in [4.78, 5) is 4.65. The molecule has 0 unspecified atom stereocenters. The number of likely N-dealkylation sites (N-methyl/N-ethyl adjacent to an activating group) is 1. The molecule has 0 aliphatic heterocycles. The van der Waals surface area contributed by atoms with E-state index in [0.717, 1.165) is 22.8 Å². The van der Waals surface area contributed by atoms with Crippen molar-refractivity contribution >= 4 is 21.4 Å². The van der Waals surface area contributed by atoms with Crippen molar-refractivity contribution in [3.05, 3.63) is 35.3 Å². The second kappa shape index (κ2) is 7.13. The molecule has 0 spiro atoms. The van der Waals surface area contributed by atoms with E-state index in [-0.39, 0.29) is 4.90 Å². The van der Waals surface area contributed by atoms with Crippen LogP contribution in [0, 0.1) is 6.92 Å². The number of nitrogens with one attached hydrogen (secondary N) is 2. The van der Waals surface area contributed by atoms with Crippen molar-refractivity contribution < 1.29 is 8.42 Å². The Kier molecular flexibility index (Phi) is 5.46. The van der Waals surface area contributed by atoms with Gasteiger partial charge in [0.15, 0.2) is 0 Å². The molecule has 2 aromatic rings. The molecular formula is C14H19N3O2S2. The van der Waals surface area contributed by atoms with Crippen LogP contribution in [0.15, 0.2) is 34.5 Å². The van der Waals surface area contributed by atoms with Gasteiger partial charge in [-0.25, -0.2) is 18.1 Å². The van der Waals surface area contributed by atoms with Crippen molar-refractivity contribution in [3.63, 3.8) is 0 Å². The van der Waals surface area contributed by atoms with Gasteiger partial charge in [-0.15, -0.1) is 11.3 Å². The molecule has 5 nitrogen and oxygen atoms in total. The molecular weight excluding hydrogens is 306 g/mol. The van der Waals surface area contributed by atoms with Gasteiger partial charge in [-0.05, 0) is 25.6 Å². The molecule has 1 aromatic carbocycles. The minimum Gasteiger partial charge on any atom is -0.316 e. The molecule has 0 saturated carbocycles. The normalized spacial score (nSPS) is 11.7. The Morgan fingerprint density at radius 1 is 1.29 bits per heavy atom. The number of sulfonamides is 1. The topological polar surface area (TPSA) is 71.1 Å². The number of aromatic nitrogens is 1. The molecule has 0 bridgehead atoms. The molecule has 0 radical (unpaired) electrons. The average molecular weight is 325 g/mol. The highest BCUT2D eigenvalue weighted by Gasteiger charge is 2.14. The quantitative estimate of drug-likeness (QED) is 0.764. The third kappa shape index (κ3) is 4.34. The zero-order valence-electron chi connectivity index (χ0n) is 12.1. The third-order valence-corrected chi connectivity index (χ3v) is 5.32. The maximum absolute atomic E-state index is 12.2. The van der Waals surface area contributed by atoms with Gasteiger partial charge in [0.2, 0.25) is 10.0 Å². The van der Waals surface area contributed by atoms with Crippen LogP contribution in [0.2, 0.25) is 0 Å². The van der Waals surface area contributed by atoms with Gasteiger partial charge < -0.3 is 5.32 Å². The van der Waals surface area contributed by atoms with Crippen LogP contribution in [0.1, 0.15) is 12.6 Å². The predicted molar refractivity (Wildman–Crippen MR) is 86.0 cm³/mol. The van der Waals surface area contributed by atoms with Crippen molar-refractivity contribution in [3.8, 4) is 10.6 Å². The number of nitrogens with zero attached hydrogens (tertiary/aromatic N) is 1. The van der Waals surface area contributed by atoms with Crippen LogP contribution in [0.5, 0.6) is 0 Å². The summed E-state index contributed by atoms with van der Waals surface area (Å²) in [5, 5.41) is 5.86. The summed E-state index contributed by atoms with van der Waals surface area (Å²) in [5.74, 6) is 0. The van der Waals surface area contributed by atoms with Crippen LogP contribution in [-0.4, -0.2) is 33.0 Å². The van der Waals surface area contributed by atoms with Crippen molar-refractivity contribution in [2.24, 2.45) is 0 Å². The molecule has 0 aliphatic rings. The number of thiazole rings is 1. The predicted octanol–water partition coefficient (Wildman–Crippen LogP) is 2.01. The van der Waals surface area contributed by atoms with Crippen molar-refractivity contribution in [1.82, 2.24) is 15.0 Å². The summed E-state index contributed by atoms with van der Waals surface area (Å²) in [6.45, 7) is 5.70. The van der Waals surface area contributed by atoms with Gasteiger partial charge in [-0.2, -0.15) is 0 Å². The van der Waals surface area contributed by atoms with E-state index >= 15 is 0 Å². The Morgan fingerprint density at radius 3 is 2.76 bits per heavy atom. The first-order chi connectivity index (χ1) is 10.0. The van der Waals surface area contributed by atoms with E-state index in [4.69, 9.17) is 0 Å². The fourth-order valence-electron chi connectivity index (χ4n) is 1.82. The Hall–Kier alpha value is -1.28. The van der Waals surface area contributed by atoms with Crippen LogP contribution >= 0.6 is 11.3 Å². The second-order valence-corrected chi connectivity index (χ2v) is 7.20. The molecule has 1 aromatic heterocycles. The molecule has 21 heavy (non-hydrogen) atoms. The summed E-state index contributed by atoms with van der Waals surface area (Å²) in [6.07, 6.45) is 0. The number of rotatable bonds is 7. The van der Waals surface area contributed by atoms with Crippen LogP contribution in [-0.2, 0) is 10.0 Å². The largest absolute Gasteiger partial charge is 0.316 e. The van der Waals surface area contributed by atoms with Crippen molar-refractivity contribution in [1.29, 1.82) is 0 Å². The van der Waals surface area contributed by atoms with Crippen molar-refractivity contribution in [2.75, 3.05) is 19.6 Å². The highest BCUT2D eigenvalue weighted by molar-refractivity contribution is 7.89. The van der Waals surface area contributed by atoms with E-state index in [1.54, 1.807) is 18.2 Å². The van der Waals surface area contributed by atoms with Crippen molar-refractivity contribution in [2.45, 2.75) is 18.7 Å². The Balaban J connectivity index is 2.16. The minimum atomic E-state index is -3.48. The molecule has 1 heterocycles. The summed E-state index contributed by atoms with van der Waals surface area (Å²) in [7, 11) is -3.48. The fourth-order valence-corrected chi connectivity index (χ4v) is 3.69. The van der Waals surface area contributed by atoms with Gasteiger partial charge in [0.25, 0.3) is 0 Å². The van der Waals surface area contributed by atoms with Gasteiger partial charge in [-0.3, -0.25) is 0 Å². The van der Waals surface area contributed by atoms with Gasteiger partial charge in [0, 0.05) is 29.7 Å². The number of benzene rings is 1. The molecule has 2 rings (SSSR count). The van der Waals surface area contributed by atoms with Crippen LogP contribution in [0.25, 0.3) is 10.6 Å². The van der Waals surface area contributed by atoms with E-state index in [2.05, 4.69) is 15.0 Å². The maximum Gasteiger partial charge on any atom is 0.240 e. The van der Waals surface area contributed by atoms with Gasteiger partial charge in [0.05, 0.1) is 4.90 Å². The fraction of sp³-hybridized carbons (Fsp3) is 0.357. The van der Waals surface area contributed by atoms with E-state index in [9.17, 15) is 8.42 Å². The van der Waals surface area contributed by atoms with Crippen LogP contribution in [0.3, 0.4) is 0 Å². The van der Waals surface area contributed by atoms with Gasteiger partial charge in [0.1, 0.15) is 5.01 Å². The Labute approximate surface area is 129 Å². The standard InChI is InChI=1S/C14H19N3O2S2/c1-3-15-7-8-16-21(18,19)13-6-4-5-12(9-13)14-17-11(2)10-20-14/h4-6,9-10,15-16H,3,7-8H2,1-2H3. The molecule has 0 saturated heterocycles. The first kappa shape index (κ1) is 16.1. The number of hydrogen-bond acceptors (Lipinski definition) is 5. The van der Waals surface area contributed by atoms with Gasteiger partial charge in [-0.1, -0.05) is 19.1 Å². The molecule has 0 aliphatic carbocycles. The molecule has 114 valence electrons. The summed E-state index contributed by atoms with van der Waals surface area (Å²) in [5.41, 5.74) is 1.76. The number of aryl methyl sites for hydroxylation is 1. The molecule has 0 fully saturated rings. The molecule has 0 amide bonds. The minimum absolute atomic E-state index is 0.268. The second-order valence-electron chi connectivity index (χ2n) is 4.57. The molecule has 0 atom stereocenters. The Bertz CT molecular complexity index is 696. The Morgan fingerprint density at radius 2 is 2.10 bits per heavy atom. The average Bonchev–Trinajstić information content (AvgIpc) is 2.90. The lowest BCUT2D eigenvalue weighted by Gasteiger charge is -2.08. The molecule has 2 N–H and O–H groups in total. The lowest BCUT2D eigenvalue weighted by Crippen LogP contribution is -2.31. The smallest absolute Gasteiger partial charge is 0.240 e. The highest BCUT2D eigenvalue weighted by atomic mass is 32.2. The first-order valence-corrected chi connectivity index (χ1v) is 9.12. The van der Waals surface area contributed by atoms with Gasteiger partial charge >= 0.3 is 0 Å². The third-order valence-electron chi connectivity index (χ3n) is 2.85. The van der Waals surface area contributed by atoms with E-state index < -0.39 is 10.0 Å². The monoisotopic (exact) mass is 325 g/mol. The zero-order valence-corrected chi connectivity index (χ0v) is 13.7. The SMILES string of the molecule is CCNCCNS(=O)(=O)c1cccc(-c2nc(C)cs2)c1. The van der Waals surface area contributed by atoms with Crippen LogP contribution < -0.4 is 10.0 Å². The van der Waals surface area contributed by atoms with E-state index in [1.807, 2.05) is 25.3 Å². The highest BCUT2D eigenvalue weighted by Crippen LogP contribution is 2.25. The summed E-state index contributed by atoms with van der Waals surface area (Å²) >= 11 is 1.51. The van der Waals surface area contributed by atoms with Crippen LogP contribution in [0.4, 0.5) is 0 Å². The molecule has 7 heteroatoms. The summed E-state index contributed by atoms with van der Waals surface area (Å²) in [6, 6.07) is 6.87. The maximum atomic E-state index is 12.2. The summed E-state index contributed by atoms with van der Waals surface area (Å²) < 4.78 is 27.0. The first-order valence-electron chi connectivity index (χ1n) is 6.76. The van der Waals surface area contributed by atoms with E-state index in [1.165, 1.54) is 11.3 Å². The lowest BCUT2D eigenvalue weighted by atomic mass is 10.2. The zero-order chi connectivity index (χ0) is 15.3. The number of hydrogen-bond donors (Lipinski definition) is 2. The lowest BCUT2D eigenvalue weighted by molar-refractivity contribution is 0.577. The van der Waals surface area contributed by atoms with E-state index in [0.29, 0.717) is 13.1 Å².